The highest BCUT2D eigenvalue weighted by atomic mass is 79.9. The molecule has 0 aliphatic heterocycles. The molecule has 3 rings (SSSR count). The zero-order valence-corrected chi connectivity index (χ0v) is 10.8. The lowest BCUT2D eigenvalue weighted by molar-refractivity contribution is 0.481. The number of hydrogen-bond acceptors (Lipinski definition) is 3. The first-order valence-corrected chi connectivity index (χ1v) is 5.86. The Morgan fingerprint density at radius 1 is 1.44 bits per heavy atom. The van der Waals surface area contributed by atoms with Crippen molar-refractivity contribution in [2.45, 2.75) is 0 Å². The highest BCUT2D eigenvalue weighted by Gasteiger charge is 2.14. The first-order chi connectivity index (χ1) is 8.58. The van der Waals surface area contributed by atoms with E-state index in [2.05, 4.69) is 21.0 Å². The summed E-state index contributed by atoms with van der Waals surface area (Å²) in [6, 6.07) is 3.22. The second kappa shape index (κ2) is 3.81. The molecule has 18 heavy (non-hydrogen) atoms. The van der Waals surface area contributed by atoms with Crippen molar-refractivity contribution in [3.05, 3.63) is 45.6 Å². The maximum absolute atomic E-state index is 14.3. The van der Waals surface area contributed by atoms with Crippen LogP contribution in [0.4, 0.5) is 4.39 Å². The third-order valence-electron chi connectivity index (χ3n) is 2.72. The Bertz CT molecular complexity index is 802. The predicted octanol–water partition coefficient (Wildman–Crippen LogP) is 2.22. The van der Waals surface area contributed by atoms with Crippen LogP contribution in [0.5, 0.6) is 0 Å². The van der Waals surface area contributed by atoms with Gasteiger partial charge in [0.1, 0.15) is 0 Å². The average Bonchev–Trinajstić information content (AvgIpc) is 2.84. The van der Waals surface area contributed by atoms with Gasteiger partial charge in [-0.25, -0.2) is 13.8 Å². The van der Waals surface area contributed by atoms with Crippen molar-refractivity contribution in [2.24, 2.45) is 7.05 Å². The topological polar surface area (TPSA) is 53.0 Å². The van der Waals surface area contributed by atoms with Gasteiger partial charge in [0.15, 0.2) is 10.5 Å². The summed E-state index contributed by atoms with van der Waals surface area (Å²) < 4.78 is 22.0. The van der Waals surface area contributed by atoms with Crippen molar-refractivity contribution in [1.82, 2.24) is 14.3 Å². The fraction of sp³-hybridized carbons (Fsp3) is 0.0909. The molecule has 0 saturated carbocycles. The number of rotatable bonds is 1. The number of oxazole rings is 1. The van der Waals surface area contributed by atoms with Gasteiger partial charge in [0.2, 0.25) is 0 Å². The van der Waals surface area contributed by atoms with Gasteiger partial charge >= 0.3 is 5.76 Å². The van der Waals surface area contributed by atoms with Crippen LogP contribution in [0.2, 0.25) is 0 Å². The van der Waals surface area contributed by atoms with Gasteiger partial charge in [-0.1, -0.05) is 0 Å². The second-order valence-electron chi connectivity index (χ2n) is 3.77. The quantitative estimate of drug-likeness (QED) is 0.692. The molecule has 0 saturated heterocycles. The van der Waals surface area contributed by atoms with Crippen molar-refractivity contribution >= 4 is 26.8 Å². The molecular formula is C11H7BrFN3O2. The Morgan fingerprint density at radius 2 is 2.22 bits per heavy atom. The zero-order chi connectivity index (χ0) is 12.9. The fourth-order valence-corrected chi connectivity index (χ4v) is 2.19. The normalized spacial score (nSPS) is 11.3. The summed E-state index contributed by atoms with van der Waals surface area (Å²) in [5.74, 6) is -1.15. The van der Waals surface area contributed by atoms with Crippen molar-refractivity contribution in [2.75, 3.05) is 0 Å². The molecule has 0 aliphatic rings. The van der Waals surface area contributed by atoms with E-state index in [4.69, 9.17) is 4.42 Å². The Hall–Kier alpha value is -1.89. The minimum atomic E-state index is -0.649. The number of benzene rings is 1. The van der Waals surface area contributed by atoms with Crippen LogP contribution in [-0.4, -0.2) is 14.3 Å². The molecule has 0 fully saturated rings. The highest BCUT2D eigenvalue weighted by molar-refractivity contribution is 9.10. The van der Waals surface area contributed by atoms with Crippen LogP contribution in [0.3, 0.4) is 0 Å². The number of aromatic nitrogens is 3. The molecule has 0 aliphatic carbocycles. The molecule has 0 amide bonds. The van der Waals surface area contributed by atoms with E-state index in [0.717, 1.165) is 4.57 Å². The molecule has 0 spiro atoms. The van der Waals surface area contributed by atoms with Crippen LogP contribution in [0, 0.1) is 5.82 Å². The summed E-state index contributed by atoms with van der Waals surface area (Å²) in [6.07, 6.45) is 2.80. The lowest BCUT2D eigenvalue weighted by Crippen LogP contribution is -2.12. The van der Waals surface area contributed by atoms with E-state index >= 15 is 0 Å². The minimum absolute atomic E-state index is 0.134. The third-order valence-corrected chi connectivity index (χ3v) is 3.08. The van der Waals surface area contributed by atoms with Crippen LogP contribution in [0.25, 0.3) is 16.6 Å². The van der Waals surface area contributed by atoms with Crippen molar-refractivity contribution in [3.8, 4) is 5.69 Å². The minimum Gasteiger partial charge on any atom is -0.400 e. The van der Waals surface area contributed by atoms with Gasteiger partial charge in [0, 0.05) is 7.05 Å². The summed E-state index contributed by atoms with van der Waals surface area (Å²) in [5, 5.41) is 4.34. The largest absolute Gasteiger partial charge is 0.424 e. The standard InChI is InChI=1S/C11H7BrFN3O2/c1-15-7-2-3-8(10(13)6(7)4-14-15)16-5-9(12)18-11(16)17/h2-5H,1H3. The second-order valence-corrected chi connectivity index (χ2v) is 4.55. The molecule has 5 nitrogen and oxygen atoms in total. The van der Waals surface area contributed by atoms with Gasteiger partial charge in [-0.05, 0) is 28.1 Å². The zero-order valence-electron chi connectivity index (χ0n) is 9.22. The molecule has 0 bridgehead atoms. The molecule has 0 atom stereocenters. The Kier molecular flexibility index (Phi) is 2.37. The lowest BCUT2D eigenvalue weighted by atomic mass is 10.2. The number of aryl methyl sites for hydroxylation is 1. The van der Waals surface area contributed by atoms with Crippen molar-refractivity contribution in [3.63, 3.8) is 0 Å². The summed E-state index contributed by atoms with van der Waals surface area (Å²) in [6.45, 7) is 0. The van der Waals surface area contributed by atoms with Crippen LogP contribution in [-0.2, 0) is 7.05 Å². The molecule has 0 unspecified atom stereocenters. The summed E-state index contributed by atoms with van der Waals surface area (Å²) in [4.78, 5) is 11.5. The molecule has 0 radical (unpaired) electrons. The Morgan fingerprint density at radius 3 is 2.89 bits per heavy atom. The predicted molar refractivity (Wildman–Crippen MR) is 66.2 cm³/mol. The maximum Gasteiger partial charge on any atom is 0.424 e. The van der Waals surface area contributed by atoms with E-state index in [0.29, 0.717) is 10.9 Å². The molecule has 2 aromatic heterocycles. The SMILES string of the molecule is Cn1ncc2c(F)c(-n3cc(Br)oc3=O)ccc21. The van der Waals surface area contributed by atoms with Crippen LogP contribution in [0.15, 0.2) is 38.4 Å². The molecule has 1 aromatic carbocycles. The highest BCUT2D eigenvalue weighted by Crippen LogP contribution is 2.23. The number of halogens is 2. The smallest absolute Gasteiger partial charge is 0.400 e. The van der Waals surface area contributed by atoms with E-state index in [1.165, 1.54) is 18.5 Å². The van der Waals surface area contributed by atoms with Crippen molar-refractivity contribution < 1.29 is 8.81 Å². The van der Waals surface area contributed by atoms with Crippen molar-refractivity contribution in [1.29, 1.82) is 0 Å². The number of hydrogen-bond donors (Lipinski definition) is 0. The Labute approximate surface area is 109 Å². The van der Waals surface area contributed by atoms with Gasteiger partial charge in [0.05, 0.1) is 29.0 Å². The van der Waals surface area contributed by atoms with Crippen LogP contribution < -0.4 is 5.76 Å². The van der Waals surface area contributed by atoms with Gasteiger partial charge < -0.3 is 4.42 Å². The van der Waals surface area contributed by atoms with E-state index in [-0.39, 0.29) is 10.4 Å². The van der Waals surface area contributed by atoms with E-state index in [9.17, 15) is 9.18 Å². The molecule has 0 N–H and O–H groups in total. The first kappa shape index (κ1) is 11.2. The molecule has 3 aromatic rings. The molecule has 92 valence electrons. The van der Waals surface area contributed by atoms with E-state index in [1.54, 1.807) is 17.8 Å². The lowest BCUT2D eigenvalue weighted by Gasteiger charge is -2.03. The van der Waals surface area contributed by atoms with Gasteiger partial charge in [-0.3, -0.25) is 4.68 Å². The van der Waals surface area contributed by atoms with E-state index in [1.807, 2.05) is 0 Å². The first-order valence-electron chi connectivity index (χ1n) is 5.06. The van der Waals surface area contributed by atoms with E-state index < -0.39 is 11.6 Å². The third kappa shape index (κ3) is 1.51. The van der Waals surface area contributed by atoms with Crippen LogP contribution in [0.1, 0.15) is 0 Å². The number of fused-ring (bicyclic) bond motifs is 1. The molecular weight excluding hydrogens is 305 g/mol. The van der Waals surface area contributed by atoms with Crippen LogP contribution >= 0.6 is 15.9 Å². The Balaban J connectivity index is 2.34. The average molecular weight is 312 g/mol. The fourth-order valence-electron chi connectivity index (χ4n) is 1.85. The van der Waals surface area contributed by atoms with Gasteiger partial charge in [-0.2, -0.15) is 5.10 Å². The van der Waals surface area contributed by atoms with Gasteiger partial charge in [0.25, 0.3) is 0 Å². The monoisotopic (exact) mass is 311 g/mol. The summed E-state index contributed by atoms with van der Waals surface area (Å²) >= 11 is 3.03. The molecule has 2 heterocycles. The maximum atomic E-state index is 14.3. The van der Waals surface area contributed by atoms with Gasteiger partial charge in [-0.15, -0.1) is 0 Å². The molecule has 7 heteroatoms. The summed E-state index contributed by atoms with van der Waals surface area (Å²) in [5.41, 5.74) is 0.793. The summed E-state index contributed by atoms with van der Waals surface area (Å²) in [7, 11) is 1.72. The number of nitrogens with zero attached hydrogens (tertiary/aromatic N) is 3.